The molecule has 1 heterocycles. The van der Waals surface area contributed by atoms with Gasteiger partial charge in [-0.3, -0.25) is 4.79 Å². The van der Waals surface area contributed by atoms with Gasteiger partial charge in [0.15, 0.2) is 0 Å². The number of benzene rings is 3. The van der Waals surface area contributed by atoms with Crippen LogP contribution < -0.4 is 5.12 Å². The minimum absolute atomic E-state index is 0.134. The fraction of sp³-hybridized carbons (Fsp3) is 0.200. The van der Waals surface area contributed by atoms with Crippen molar-refractivity contribution in [2.75, 3.05) is 12.2 Å². The molecule has 1 amide bonds. The first-order chi connectivity index (χ1) is 17.5. The van der Waals surface area contributed by atoms with Gasteiger partial charge in [-0.2, -0.15) is 0 Å². The highest BCUT2D eigenvalue weighted by molar-refractivity contribution is 5.94. The van der Waals surface area contributed by atoms with E-state index in [1.807, 2.05) is 37.3 Å². The van der Waals surface area contributed by atoms with Gasteiger partial charge in [-0.1, -0.05) is 41.7 Å². The average Bonchev–Trinajstić information content (AvgIpc) is 3.36. The van der Waals surface area contributed by atoms with Crippen LogP contribution in [0.3, 0.4) is 0 Å². The van der Waals surface area contributed by atoms with Crippen molar-refractivity contribution in [3.8, 4) is 23.2 Å². The standard InChI is InChI=1S/C30H26FNO4/c1-3-4-5-9-25(19-21-11-13-23(14-12-21)30(34)35-2)29(33)32(31)26-17-15-22(16-18-26)28-20-24-8-6-7-10-27(24)36-28/h6-8,10-18,20,25H,3,9,19H2,1-2H3. The van der Waals surface area contributed by atoms with Crippen molar-refractivity contribution in [2.45, 2.75) is 26.2 Å². The zero-order valence-corrected chi connectivity index (χ0v) is 20.2. The zero-order chi connectivity index (χ0) is 25.5. The highest BCUT2D eigenvalue weighted by Gasteiger charge is 2.26. The van der Waals surface area contributed by atoms with Crippen LogP contribution in [0.15, 0.2) is 83.3 Å². The lowest BCUT2D eigenvalue weighted by Crippen LogP contribution is -2.31. The van der Waals surface area contributed by atoms with Crippen molar-refractivity contribution < 1.29 is 23.2 Å². The van der Waals surface area contributed by atoms with E-state index in [2.05, 4.69) is 11.8 Å². The van der Waals surface area contributed by atoms with Crippen LogP contribution in [0.2, 0.25) is 0 Å². The van der Waals surface area contributed by atoms with Gasteiger partial charge in [0.2, 0.25) is 0 Å². The van der Waals surface area contributed by atoms with Crippen molar-refractivity contribution >= 4 is 28.5 Å². The molecule has 0 aliphatic carbocycles. The Morgan fingerprint density at radius 1 is 1.00 bits per heavy atom. The van der Waals surface area contributed by atoms with Crippen molar-refractivity contribution in [3.05, 3.63) is 90.0 Å². The molecule has 0 saturated carbocycles. The van der Waals surface area contributed by atoms with Crippen LogP contribution >= 0.6 is 0 Å². The van der Waals surface area contributed by atoms with E-state index >= 15 is 4.48 Å². The molecule has 0 fully saturated rings. The van der Waals surface area contributed by atoms with E-state index in [1.165, 1.54) is 7.11 Å². The molecule has 36 heavy (non-hydrogen) atoms. The highest BCUT2D eigenvalue weighted by atomic mass is 19.2. The van der Waals surface area contributed by atoms with Gasteiger partial charge in [0, 0.05) is 23.8 Å². The SMILES string of the molecule is CCC#CCC(Cc1ccc(C(=O)OC)cc1)C(=O)N(F)c1ccc(-c2cc3ccccc3o2)cc1. The summed E-state index contributed by atoms with van der Waals surface area (Å²) in [4.78, 5) is 24.8. The Balaban J connectivity index is 1.51. The smallest absolute Gasteiger partial charge is 0.337 e. The molecule has 0 saturated heterocycles. The molecule has 0 spiro atoms. The summed E-state index contributed by atoms with van der Waals surface area (Å²) in [5, 5.41) is 1.17. The lowest BCUT2D eigenvalue weighted by Gasteiger charge is -2.19. The number of halogens is 1. The Morgan fingerprint density at radius 2 is 1.72 bits per heavy atom. The molecule has 1 unspecified atom stereocenters. The summed E-state index contributed by atoms with van der Waals surface area (Å²) >= 11 is 0. The topological polar surface area (TPSA) is 59.8 Å². The second-order valence-corrected chi connectivity index (χ2v) is 8.32. The first kappa shape index (κ1) is 24.7. The van der Waals surface area contributed by atoms with Crippen LogP contribution in [0.5, 0.6) is 0 Å². The summed E-state index contributed by atoms with van der Waals surface area (Å²) in [5.74, 6) is 4.79. The van der Waals surface area contributed by atoms with Gasteiger partial charge in [-0.05, 0) is 60.5 Å². The van der Waals surface area contributed by atoms with Gasteiger partial charge in [0.25, 0.3) is 5.91 Å². The highest BCUT2D eigenvalue weighted by Crippen LogP contribution is 2.30. The van der Waals surface area contributed by atoms with Crippen molar-refractivity contribution in [3.63, 3.8) is 0 Å². The lowest BCUT2D eigenvalue weighted by atomic mass is 9.94. The number of rotatable bonds is 7. The number of carbonyl (C=O) groups is 2. The molecule has 4 rings (SSSR count). The third-order valence-corrected chi connectivity index (χ3v) is 5.85. The number of hydrogen-bond donors (Lipinski definition) is 0. The number of para-hydroxylation sites is 1. The normalized spacial score (nSPS) is 11.4. The predicted molar refractivity (Wildman–Crippen MR) is 138 cm³/mol. The Bertz CT molecular complexity index is 1380. The first-order valence-electron chi connectivity index (χ1n) is 11.7. The summed E-state index contributed by atoms with van der Waals surface area (Å²) in [6, 6.07) is 22.9. The number of hydrogen-bond acceptors (Lipinski definition) is 4. The molecule has 182 valence electrons. The molecule has 3 aromatic carbocycles. The number of methoxy groups -OCH3 is 1. The number of furan rings is 1. The van der Waals surface area contributed by atoms with Crippen LogP contribution in [-0.2, 0) is 16.0 Å². The lowest BCUT2D eigenvalue weighted by molar-refractivity contribution is -0.125. The van der Waals surface area contributed by atoms with E-state index in [4.69, 9.17) is 9.15 Å². The summed E-state index contributed by atoms with van der Waals surface area (Å²) in [6.07, 6.45) is 1.16. The molecule has 0 N–H and O–H groups in total. The number of amides is 1. The zero-order valence-electron chi connectivity index (χ0n) is 20.2. The van der Waals surface area contributed by atoms with E-state index in [1.54, 1.807) is 48.5 Å². The summed E-state index contributed by atoms with van der Waals surface area (Å²) in [5.41, 5.74) is 2.90. The van der Waals surface area contributed by atoms with Crippen LogP contribution in [0.1, 0.15) is 35.7 Å². The van der Waals surface area contributed by atoms with E-state index < -0.39 is 17.8 Å². The Kier molecular flexibility index (Phi) is 7.82. The van der Waals surface area contributed by atoms with Gasteiger partial charge in [-0.25, -0.2) is 4.79 Å². The molecule has 1 atom stereocenters. The first-order valence-corrected chi connectivity index (χ1v) is 11.7. The molecule has 0 bridgehead atoms. The summed E-state index contributed by atoms with van der Waals surface area (Å²) in [6.45, 7) is 1.92. The summed E-state index contributed by atoms with van der Waals surface area (Å²) < 4.78 is 25.9. The number of nitrogens with zero attached hydrogens (tertiary/aromatic N) is 1. The maximum atomic E-state index is 15.3. The molecule has 0 aliphatic rings. The van der Waals surface area contributed by atoms with Gasteiger partial charge >= 0.3 is 5.97 Å². The van der Waals surface area contributed by atoms with E-state index in [0.29, 0.717) is 17.7 Å². The van der Waals surface area contributed by atoms with Gasteiger partial charge in [0.1, 0.15) is 11.3 Å². The number of carbonyl (C=O) groups excluding carboxylic acids is 2. The Hall–Kier alpha value is -4.37. The quantitative estimate of drug-likeness (QED) is 0.165. The fourth-order valence-electron chi connectivity index (χ4n) is 3.91. The van der Waals surface area contributed by atoms with Crippen molar-refractivity contribution in [1.82, 2.24) is 0 Å². The molecule has 6 heteroatoms. The van der Waals surface area contributed by atoms with Gasteiger partial charge in [-0.15, -0.1) is 17.0 Å². The molecule has 1 aromatic heterocycles. The summed E-state index contributed by atoms with van der Waals surface area (Å²) in [7, 11) is 1.32. The van der Waals surface area contributed by atoms with Gasteiger partial charge in [0.05, 0.1) is 24.3 Å². The van der Waals surface area contributed by atoms with Crippen LogP contribution in [-0.4, -0.2) is 19.0 Å². The third kappa shape index (κ3) is 5.64. The minimum Gasteiger partial charge on any atom is -0.465 e. The molecular weight excluding hydrogens is 457 g/mol. The maximum absolute atomic E-state index is 15.3. The molecule has 0 aliphatic heterocycles. The van der Waals surface area contributed by atoms with Crippen LogP contribution in [0.25, 0.3) is 22.3 Å². The molecular formula is C30H26FNO4. The van der Waals surface area contributed by atoms with E-state index in [9.17, 15) is 9.59 Å². The van der Waals surface area contributed by atoms with Crippen molar-refractivity contribution in [2.24, 2.45) is 5.92 Å². The second kappa shape index (κ2) is 11.4. The van der Waals surface area contributed by atoms with Crippen molar-refractivity contribution in [1.29, 1.82) is 0 Å². The largest absolute Gasteiger partial charge is 0.465 e. The van der Waals surface area contributed by atoms with Crippen LogP contribution in [0.4, 0.5) is 10.2 Å². The van der Waals surface area contributed by atoms with Gasteiger partial charge < -0.3 is 9.15 Å². The second-order valence-electron chi connectivity index (χ2n) is 8.32. The number of fused-ring (bicyclic) bond motifs is 1. The molecule has 4 aromatic rings. The minimum atomic E-state index is -0.687. The third-order valence-electron chi connectivity index (χ3n) is 5.85. The molecule has 5 nitrogen and oxygen atoms in total. The average molecular weight is 484 g/mol. The van der Waals surface area contributed by atoms with E-state index in [0.717, 1.165) is 22.1 Å². The number of ether oxygens (including phenoxy) is 1. The maximum Gasteiger partial charge on any atom is 0.337 e. The monoisotopic (exact) mass is 483 g/mol. The predicted octanol–water partition coefficient (Wildman–Crippen LogP) is 6.77. The molecule has 0 radical (unpaired) electrons. The Labute approximate surface area is 209 Å². The fourth-order valence-corrected chi connectivity index (χ4v) is 3.91. The number of anilines is 1. The van der Waals surface area contributed by atoms with E-state index in [-0.39, 0.29) is 23.7 Å². The number of esters is 1. The van der Waals surface area contributed by atoms with Crippen LogP contribution in [0, 0.1) is 17.8 Å². The Morgan fingerprint density at radius 3 is 2.39 bits per heavy atom.